The van der Waals surface area contributed by atoms with Crippen LogP contribution >= 0.6 is 0 Å². The van der Waals surface area contributed by atoms with E-state index in [1.807, 2.05) is 32.8 Å². The van der Waals surface area contributed by atoms with Crippen molar-refractivity contribution in [3.8, 4) is 0 Å². The Labute approximate surface area is 155 Å². The van der Waals surface area contributed by atoms with Gasteiger partial charge in [0.1, 0.15) is 6.04 Å². The zero-order valence-corrected chi connectivity index (χ0v) is 16.7. The number of carboxylic acids is 1. The smallest absolute Gasteiger partial charge is 0.331 e. The highest BCUT2D eigenvalue weighted by atomic mass is 16.4. The van der Waals surface area contributed by atoms with Crippen LogP contribution in [0.5, 0.6) is 0 Å². The van der Waals surface area contributed by atoms with Crippen LogP contribution in [0.2, 0.25) is 0 Å². The molecule has 1 unspecified atom stereocenters. The van der Waals surface area contributed by atoms with Crippen LogP contribution in [0.4, 0.5) is 0 Å². The molecule has 0 aromatic rings. The van der Waals surface area contributed by atoms with Gasteiger partial charge in [0.2, 0.25) is 11.8 Å². The molecule has 0 aliphatic carbocycles. The number of likely N-dealkylation sites (N-methyl/N-ethyl adjacent to an activating group) is 3. The van der Waals surface area contributed by atoms with E-state index in [1.54, 1.807) is 13.1 Å². The van der Waals surface area contributed by atoms with Crippen molar-refractivity contribution in [1.29, 1.82) is 0 Å². The number of carbonyl (C=O) groups excluding carboxylic acids is 2. The van der Waals surface area contributed by atoms with E-state index in [2.05, 4.69) is 10.2 Å². The van der Waals surface area contributed by atoms with Crippen LogP contribution in [-0.4, -0.2) is 97.0 Å². The first-order valence-corrected chi connectivity index (χ1v) is 8.88. The van der Waals surface area contributed by atoms with Gasteiger partial charge in [-0.15, -0.1) is 0 Å². The van der Waals surface area contributed by atoms with E-state index < -0.39 is 5.97 Å². The third kappa shape index (κ3) is 6.10. The fourth-order valence-electron chi connectivity index (χ4n) is 2.94. The molecule has 2 N–H and O–H groups in total. The van der Waals surface area contributed by atoms with Gasteiger partial charge in [-0.05, 0) is 26.9 Å². The third-order valence-corrected chi connectivity index (χ3v) is 4.85. The summed E-state index contributed by atoms with van der Waals surface area (Å²) in [5, 5.41) is 11.8. The Morgan fingerprint density at radius 2 is 1.88 bits per heavy atom. The van der Waals surface area contributed by atoms with E-state index in [0.717, 1.165) is 13.1 Å². The predicted octanol–water partition coefficient (Wildman–Crippen LogP) is -0.138. The molecule has 0 radical (unpaired) electrons. The highest BCUT2D eigenvalue weighted by Gasteiger charge is 2.29. The highest BCUT2D eigenvalue weighted by Crippen LogP contribution is 2.13. The maximum atomic E-state index is 12.5. The van der Waals surface area contributed by atoms with Crippen molar-refractivity contribution in [3.05, 3.63) is 11.6 Å². The molecule has 0 bridgehead atoms. The van der Waals surface area contributed by atoms with Crippen LogP contribution in [0.1, 0.15) is 20.8 Å². The van der Waals surface area contributed by atoms with Crippen molar-refractivity contribution < 1.29 is 19.5 Å². The number of nitrogens with zero attached hydrogens (tertiary/aromatic N) is 3. The van der Waals surface area contributed by atoms with Gasteiger partial charge >= 0.3 is 5.97 Å². The number of rotatable bonds is 7. The largest absolute Gasteiger partial charge is 0.478 e. The number of hydrogen-bond donors (Lipinski definition) is 2. The molecule has 1 heterocycles. The van der Waals surface area contributed by atoms with E-state index in [0.29, 0.717) is 6.54 Å². The highest BCUT2D eigenvalue weighted by molar-refractivity contribution is 5.88. The third-order valence-electron chi connectivity index (χ3n) is 4.85. The van der Waals surface area contributed by atoms with Gasteiger partial charge in [0.05, 0.1) is 12.6 Å². The molecule has 26 heavy (non-hydrogen) atoms. The Hall–Kier alpha value is -1.93. The average molecular weight is 368 g/mol. The quantitative estimate of drug-likeness (QED) is 0.608. The first kappa shape index (κ1) is 22.1. The molecule has 1 aliphatic rings. The normalized spacial score (nSPS) is 20.7. The number of carboxylic acid groups (broad SMARTS) is 1. The molecule has 1 aliphatic heterocycles. The molecule has 0 saturated carbocycles. The predicted molar refractivity (Wildman–Crippen MR) is 99.7 cm³/mol. The molecule has 1 saturated heterocycles. The Kier molecular flexibility index (Phi) is 8.23. The molecule has 0 aromatic heterocycles. The Balaban J connectivity index is 2.68. The summed E-state index contributed by atoms with van der Waals surface area (Å²) in [6.45, 7) is 7.59. The second-order valence-electron chi connectivity index (χ2n) is 7.37. The van der Waals surface area contributed by atoms with Crippen molar-refractivity contribution in [2.24, 2.45) is 5.92 Å². The fraction of sp³-hybridized carbons (Fsp3) is 0.722. The number of amides is 2. The van der Waals surface area contributed by atoms with Crippen LogP contribution in [0.3, 0.4) is 0 Å². The summed E-state index contributed by atoms with van der Waals surface area (Å²) >= 11 is 0. The molecule has 148 valence electrons. The van der Waals surface area contributed by atoms with Crippen molar-refractivity contribution >= 4 is 17.8 Å². The van der Waals surface area contributed by atoms with Gasteiger partial charge in [-0.3, -0.25) is 14.5 Å². The van der Waals surface area contributed by atoms with Gasteiger partial charge in [-0.25, -0.2) is 4.79 Å². The maximum absolute atomic E-state index is 12.5. The standard InChI is InChI=1S/C18H32N4O4/c1-12(2)14(9-13(3)18(25)26)22(6)16(23)10-19-17(24)15-11-20(4)7-8-21(15)5/h9,12,14-15H,7-8,10-11H2,1-6H3,(H,19,24)(H,25,26)/t14-,15?/m1/s1. The average Bonchev–Trinajstić information content (AvgIpc) is 2.57. The summed E-state index contributed by atoms with van der Waals surface area (Å²) in [5.74, 6) is -1.38. The zero-order chi connectivity index (χ0) is 20.0. The monoisotopic (exact) mass is 368 g/mol. The number of piperazine rings is 1. The number of hydrogen-bond acceptors (Lipinski definition) is 5. The van der Waals surface area contributed by atoms with E-state index in [1.165, 1.54) is 11.8 Å². The summed E-state index contributed by atoms with van der Waals surface area (Å²) in [5.41, 5.74) is 0.194. The maximum Gasteiger partial charge on any atom is 0.331 e. The summed E-state index contributed by atoms with van der Waals surface area (Å²) in [6, 6.07) is -0.624. The minimum atomic E-state index is -1.01. The van der Waals surface area contributed by atoms with E-state index in [4.69, 9.17) is 5.11 Å². The lowest BCUT2D eigenvalue weighted by Gasteiger charge is -2.36. The molecule has 1 rings (SSSR count). The molecule has 8 heteroatoms. The molecular weight excluding hydrogens is 336 g/mol. The van der Waals surface area contributed by atoms with Crippen molar-refractivity contribution in [2.75, 3.05) is 47.3 Å². The van der Waals surface area contributed by atoms with Crippen molar-refractivity contribution in [2.45, 2.75) is 32.9 Å². The summed E-state index contributed by atoms with van der Waals surface area (Å²) in [7, 11) is 5.50. The van der Waals surface area contributed by atoms with Crippen molar-refractivity contribution in [1.82, 2.24) is 20.0 Å². The van der Waals surface area contributed by atoms with Crippen LogP contribution < -0.4 is 5.32 Å². The minimum Gasteiger partial charge on any atom is -0.478 e. The fourth-order valence-corrected chi connectivity index (χ4v) is 2.94. The van der Waals surface area contributed by atoms with E-state index >= 15 is 0 Å². The summed E-state index contributed by atoms with van der Waals surface area (Å²) in [6.07, 6.45) is 1.58. The molecular formula is C18H32N4O4. The molecule has 1 fully saturated rings. The molecule has 2 amide bonds. The van der Waals surface area contributed by atoms with Gasteiger partial charge in [-0.2, -0.15) is 0 Å². The minimum absolute atomic E-state index is 0.0482. The Bertz CT molecular complexity index is 561. The molecule has 0 spiro atoms. The van der Waals surface area contributed by atoms with Crippen LogP contribution in [0, 0.1) is 5.92 Å². The Morgan fingerprint density at radius 3 is 2.42 bits per heavy atom. The Morgan fingerprint density at radius 1 is 1.27 bits per heavy atom. The van der Waals surface area contributed by atoms with Crippen LogP contribution in [-0.2, 0) is 14.4 Å². The lowest BCUT2D eigenvalue weighted by Crippen LogP contribution is -2.57. The molecule has 8 nitrogen and oxygen atoms in total. The van der Waals surface area contributed by atoms with E-state index in [9.17, 15) is 14.4 Å². The second-order valence-corrected chi connectivity index (χ2v) is 7.37. The zero-order valence-electron chi connectivity index (χ0n) is 16.7. The van der Waals surface area contributed by atoms with Gasteiger partial charge < -0.3 is 20.2 Å². The van der Waals surface area contributed by atoms with Gasteiger partial charge in [0.15, 0.2) is 0 Å². The molecule has 0 aromatic carbocycles. The van der Waals surface area contributed by atoms with Gasteiger partial charge in [0, 0.05) is 32.3 Å². The molecule has 2 atom stereocenters. The SMILES string of the molecule is CC(=C[C@H](C(C)C)N(C)C(=O)CNC(=O)C1CN(C)CCN1C)C(=O)O. The van der Waals surface area contributed by atoms with E-state index in [-0.39, 0.29) is 41.9 Å². The topological polar surface area (TPSA) is 93.2 Å². The first-order valence-electron chi connectivity index (χ1n) is 8.88. The number of nitrogens with one attached hydrogen (secondary N) is 1. The summed E-state index contributed by atoms with van der Waals surface area (Å²) in [4.78, 5) is 41.5. The lowest BCUT2D eigenvalue weighted by molar-refractivity contribution is -0.135. The van der Waals surface area contributed by atoms with Gasteiger partial charge in [-0.1, -0.05) is 19.9 Å². The van der Waals surface area contributed by atoms with Crippen molar-refractivity contribution in [3.63, 3.8) is 0 Å². The number of carbonyl (C=O) groups is 3. The van der Waals surface area contributed by atoms with Gasteiger partial charge in [0.25, 0.3) is 0 Å². The lowest BCUT2D eigenvalue weighted by atomic mass is 10.00. The first-order chi connectivity index (χ1) is 12.0. The summed E-state index contributed by atoms with van der Waals surface area (Å²) < 4.78 is 0. The van der Waals surface area contributed by atoms with Crippen LogP contribution in [0.15, 0.2) is 11.6 Å². The second kappa shape index (κ2) is 9.68. The van der Waals surface area contributed by atoms with Crippen LogP contribution in [0.25, 0.3) is 0 Å². The number of aliphatic carboxylic acids is 1.